The quantitative estimate of drug-likeness (QED) is 0.00445. The van der Waals surface area contributed by atoms with E-state index in [0.717, 1.165) is 64.1 Å². The average Bonchev–Trinajstić information content (AvgIpc) is 0.738. The predicted octanol–water partition coefficient (Wildman–Crippen LogP) is 13.1. The fraction of sp³-hybridized carbons (Fsp3) is 0.473. The number of aromatic nitrogens is 3. The summed E-state index contributed by atoms with van der Waals surface area (Å²) in [6.45, 7) is 21.9. The van der Waals surface area contributed by atoms with Crippen LogP contribution < -0.4 is 37.0 Å². The highest BCUT2D eigenvalue weighted by atomic mass is 35.5. The Balaban J connectivity index is 0.000000311. The molecule has 3 amide bonds. The van der Waals surface area contributed by atoms with E-state index in [1.807, 2.05) is 0 Å². The van der Waals surface area contributed by atoms with Crippen molar-refractivity contribution in [3.8, 4) is 17.2 Å². The van der Waals surface area contributed by atoms with E-state index in [2.05, 4.69) is 55.8 Å². The van der Waals surface area contributed by atoms with E-state index in [1.165, 1.54) is 66.3 Å². The van der Waals surface area contributed by atoms with Crippen LogP contribution in [0.5, 0.6) is 17.2 Å². The highest BCUT2D eigenvalue weighted by Gasteiger charge is 2.56. The Kier molecular flexibility index (Phi) is 46.1. The van der Waals surface area contributed by atoms with E-state index in [1.54, 1.807) is 85.7 Å². The van der Waals surface area contributed by atoms with E-state index in [9.17, 15) is 127 Å². The second kappa shape index (κ2) is 55.0. The van der Waals surface area contributed by atoms with Crippen molar-refractivity contribution in [2.75, 3.05) is 85.9 Å². The van der Waals surface area contributed by atoms with Crippen LogP contribution in [0.3, 0.4) is 0 Å². The summed E-state index contributed by atoms with van der Waals surface area (Å²) in [6.07, 6.45) is -8.66. The number of hydrogen-bond acceptors (Lipinski definition) is 34. The molecule has 10 rings (SSSR count). The van der Waals surface area contributed by atoms with E-state index < -0.39 is 284 Å². The van der Waals surface area contributed by atoms with Crippen LogP contribution in [0.25, 0.3) is 0 Å². The molecule has 6 heterocycles. The summed E-state index contributed by atoms with van der Waals surface area (Å²) in [4.78, 5) is 197. The summed E-state index contributed by atoms with van der Waals surface area (Å²) in [5, 5.41) is 28.6. The number of pyridine rings is 3. The highest BCUT2D eigenvalue weighted by Crippen LogP contribution is 2.57. The van der Waals surface area contributed by atoms with Gasteiger partial charge in [-0.1, -0.05) is 80.9 Å². The Morgan fingerprint density at radius 2 is 0.767 bits per heavy atom. The van der Waals surface area contributed by atoms with Crippen molar-refractivity contribution in [3.63, 3.8) is 0 Å². The van der Waals surface area contributed by atoms with Gasteiger partial charge in [0.1, 0.15) is 75.3 Å². The number of ether oxygens (including phenoxy) is 12. The van der Waals surface area contributed by atoms with Gasteiger partial charge < -0.3 is 116 Å². The van der Waals surface area contributed by atoms with E-state index in [0.29, 0.717) is 23.8 Å². The number of halogens is 7. The van der Waals surface area contributed by atoms with Gasteiger partial charge in [-0.15, -0.1) is 0 Å². The molecular weight excluding hydrogens is 2030 g/mol. The zero-order chi connectivity index (χ0) is 110. The molecular formula is C93H117ClF6N7O36P3. The molecule has 0 saturated heterocycles. The molecule has 0 spiro atoms. The zero-order valence-corrected chi connectivity index (χ0v) is 86.0. The third kappa shape index (κ3) is 34.2. The molecule has 0 fully saturated rings. The molecule has 4 aromatic carbocycles. The Morgan fingerprint density at radius 3 is 1.08 bits per heavy atom. The van der Waals surface area contributed by atoms with E-state index >= 15 is 0 Å². The minimum atomic E-state index is -4.71. The molecule has 0 saturated carbocycles. The molecule has 53 heteroatoms. The molecule has 0 aliphatic carbocycles. The average molecular weight is 2150 g/mol. The number of amides is 3. The monoisotopic (exact) mass is 2150 g/mol. The van der Waals surface area contributed by atoms with Gasteiger partial charge in [-0.25, -0.2) is 45.5 Å². The molecule has 3 aliphatic rings. The van der Waals surface area contributed by atoms with Crippen LogP contribution in [-0.4, -0.2) is 232 Å². The van der Waals surface area contributed by atoms with Crippen molar-refractivity contribution in [1.29, 1.82) is 0 Å². The maximum Gasteiger partial charge on any atom is 0.510 e. The van der Waals surface area contributed by atoms with Gasteiger partial charge in [0.15, 0.2) is 40.7 Å². The van der Waals surface area contributed by atoms with Crippen LogP contribution in [0.4, 0.5) is 45.5 Å². The summed E-state index contributed by atoms with van der Waals surface area (Å²) in [7, 11) is -10.2. The number of hydrogen-bond donors (Lipinski definition) is 8. The molecule has 146 heavy (non-hydrogen) atoms. The lowest BCUT2D eigenvalue weighted by atomic mass is 9.77. The maximum absolute atomic E-state index is 14.1. The zero-order valence-electron chi connectivity index (χ0n) is 82.5. The molecule has 7 unspecified atom stereocenters. The Bertz CT molecular complexity index is 6130. The minimum absolute atomic E-state index is 0.0174. The summed E-state index contributed by atoms with van der Waals surface area (Å²) in [5.41, 5.74) is -11.3. The van der Waals surface area contributed by atoms with Gasteiger partial charge in [-0.3, -0.25) is 70.4 Å². The smallest absolute Gasteiger partial charge is 0.503 e. The molecule has 8 N–H and O–H groups in total. The van der Waals surface area contributed by atoms with Crippen molar-refractivity contribution in [1.82, 2.24) is 34.6 Å². The molecule has 0 bridgehead atoms. The Morgan fingerprint density at radius 1 is 0.452 bits per heavy atom. The predicted molar refractivity (Wildman–Crippen MR) is 505 cm³/mol. The SMILES string of the molecule is CC(C)OC(=O)OCCl.CCN(CC)CC.COC1Cn2cc(C(=O)NCc3ccc(F)cc3F)c(=O)c(O)c2C(=O)C1(C)CP(=O)(O)OCOC(=O)OC(C)C.COC1Cn2cc(C(=O)NCc3ccc(F)cc3F)c(=O)c(O)c2C(=O)C1(C)CP(=O)(OCOC(=O)OC(C)C)OCOC(=O)OC(C)C.COC1Cn2cc(C(=O)NCc3ccc(F)cc3F)c(=O)c(OCc3ccccc3)c2C(=O)C1(C)CP(=O)(O)O. The third-order valence-electron chi connectivity index (χ3n) is 22.1. The van der Waals surface area contributed by atoms with Crippen molar-refractivity contribution < 1.29 is 183 Å². The van der Waals surface area contributed by atoms with Crippen LogP contribution in [0, 0.1) is 51.1 Å². The molecule has 7 aromatic rings. The first-order valence-electron chi connectivity index (χ1n) is 44.6. The number of carbonyl (C=O) groups is 10. The Labute approximate surface area is 838 Å². The lowest BCUT2D eigenvalue weighted by molar-refractivity contribution is -0.0367. The Hall–Kier alpha value is -12.2. The van der Waals surface area contributed by atoms with Gasteiger partial charge in [0.25, 0.3) is 17.7 Å². The van der Waals surface area contributed by atoms with Crippen molar-refractivity contribution in [2.24, 2.45) is 16.2 Å². The van der Waals surface area contributed by atoms with Crippen LogP contribution in [0.15, 0.2) is 118 Å². The topological polar surface area (TPSA) is 567 Å². The number of nitrogens with zero attached hydrogens (tertiary/aromatic N) is 4. The first-order valence-corrected chi connectivity index (χ1v) is 50.4. The van der Waals surface area contributed by atoms with Gasteiger partial charge in [0.2, 0.25) is 36.7 Å². The summed E-state index contributed by atoms with van der Waals surface area (Å²) in [6, 6.07) is 16.8. The third-order valence-corrected chi connectivity index (χ3v) is 26.8. The van der Waals surface area contributed by atoms with Crippen LogP contribution >= 0.6 is 34.4 Å². The van der Waals surface area contributed by atoms with Crippen LogP contribution in [-0.2, 0) is 125 Å². The van der Waals surface area contributed by atoms with Crippen molar-refractivity contribution >= 4 is 94.1 Å². The number of methoxy groups -OCH3 is 3. The molecule has 43 nitrogen and oxygen atoms in total. The number of Topliss-reactive ketones (excluding diaryl/α,β-unsaturated/α-hetero) is 3. The lowest BCUT2D eigenvalue weighted by Crippen LogP contribution is -2.52. The molecule has 0 radical (unpaired) electrons. The van der Waals surface area contributed by atoms with Gasteiger partial charge in [-0.2, -0.15) is 0 Å². The first-order chi connectivity index (χ1) is 68.3. The van der Waals surface area contributed by atoms with Gasteiger partial charge >= 0.3 is 47.4 Å². The largest absolute Gasteiger partial charge is 0.510 e. The van der Waals surface area contributed by atoms with Crippen LogP contribution in [0.2, 0.25) is 0 Å². The number of ketones is 3. The summed E-state index contributed by atoms with van der Waals surface area (Å²) in [5.74, 6) is -13.5. The minimum Gasteiger partial charge on any atom is -0.503 e. The molecule has 804 valence electrons. The molecule has 7 atom stereocenters. The van der Waals surface area contributed by atoms with Crippen molar-refractivity contribution in [3.05, 3.63) is 225 Å². The number of fused-ring (bicyclic) bond motifs is 3. The van der Waals surface area contributed by atoms with Crippen LogP contribution in [0.1, 0.15) is 182 Å². The molecule has 3 aromatic heterocycles. The highest BCUT2D eigenvalue weighted by molar-refractivity contribution is 7.54. The number of benzene rings is 4. The van der Waals surface area contributed by atoms with E-state index in [-0.39, 0.29) is 67.3 Å². The summed E-state index contributed by atoms with van der Waals surface area (Å²) >= 11 is 5.06. The van der Waals surface area contributed by atoms with Crippen molar-refractivity contribution in [2.45, 2.75) is 186 Å². The fourth-order valence-electron chi connectivity index (χ4n) is 14.7. The fourth-order valence-corrected chi connectivity index (χ4v) is 19.3. The van der Waals surface area contributed by atoms with Gasteiger partial charge in [-0.05, 0) is 120 Å². The van der Waals surface area contributed by atoms with Gasteiger partial charge in [0, 0.05) is 94.4 Å². The standard InChI is InChI=1S/C30H37F2N2O14P.C27H27F2N2O8P.C25H29F2N2O11P.C6H15N.C5H9ClO3/c1-16(2)47-28(39)43-14-45-49(41,46-15-44-29(40)48-17(3)4)13-30(5)22(42-6)12-34-11-20(24(35)25(36)23(34)26(30)37)27(38)33-10-18-7-8-19(31)9-21(18)32;1-27(15-40(35,36)37)21(38-2)13-31-12-19(26(34)30-11-17-8-9-18(28)10-20(17)29)23(32)24(22(31)25(27)33)39-14-16-6-4-3-5-7-16;1-13(2)40-24(34)38-12-39-41(35,36)11-25(3)18(37-4)10-29-9-16(20(30)21(31)19(29)22(25)32)23(33)28-8-14-5-6-15(26)7-17(14)27;1-4-7(5-2)6-3;1-4(2)9-5(7)8-3-6/h7-9,11,16-17,22,36H,10,12-15H2,1-6H3,(H,33,38);3-10,12,21H,11,13-15H2,1-2H3,(H,30,34)(H2,35,36,37);5-7,9,13,18,31H,8,10-12H2,1-4H3,(H,28,33)(H,35,36);4-6H2,1-3H3;4H,3H2,1-2H3. The molecule has 3 aliphatic heterocycles. The normalized spacial score (nSPS) is 17.6. The van der Waals surface area contributed by atoms with E-state index in [4.69, 9.17) is 67.8 Å². The number of alkyl halides is 1. The number of nitrogens with one attached hydrogen (secondary N) is 3. The number of aromatic hydroxyl groups is 2. The second-order valence-corrected chi connectivity index (χ2v) is 40.0. The van der Waals surface area contributed by atoms with Gasteiger partial charge in [0.05, 0.1) is 97.1 Å². The first kappa shape index (κ1) is 122. The lowest BCUT2D eigenvalue weighted by Gasteiger charge is -2.41. The summed E-state index contributed by atoms with van der Waals surface area (Å²) < 4.78 is 199. The maximum atomic E-state index is 14.1. The number of carbonyl (C=O) groups excluding carboxylic acids is 10. The second-order valence-electron chi connectivity index (χ2n) is 34.2. The number of rotatable bonds is 38.